The van der Waals surface area contributed by atoms with E-state index in [0.29, 0.717) is 6.54 Å². The van der Waals surface area contributed by atoms with Crippen molar-refractivity contribution in [3.8, 4) is 0 Å². The molecular weight excluding hydrogens is 224 g/mol. The first kappa shape index (κ1) is 12.6. The summed E-state index contributed by atoms with van der Waals surface area (Å²) in [6.07, 6.45) is 0. The second kappa shape index (κ2) is 4.82. The van der Waals surface area contributed by atoms with E-state index in [-0.39, 0.29) is 0 Å². The van der Waals surface area contributed by atoms with Gasteiger partial charge in [-0.15, -0.1) is 0 Å². The van der Waals surface area contributed by atoms with Gasteiger partial charge in [-0.1, -0.05) is 0 Å². The van der Waals surface area contributed by atoms with Gasteiger partial charge >= 0.3 is 0 Å². The molecule has 0 bridgehead atoms. The van der Waals surface area contributed by atoms with Gasteiger partial charge in [-0.05, 0) is 24.3 Å². The van der Waals surface area contributed by atoms with Gasteiger partial charge in [-0.2, -0.15) is 0 Å². The quantitative estimate of drug-likeness (QED) is 0.894. The molecule has 1 aromatic heterocycles. The summed E-state index contributed by atoms with van der Waals surface area (Å²) < 4.78 is 0. The van der Waals surface area contributed by atoms with Crippen molar-refractivity contribution < 1.29 is 0 Å². The number of fused-ring (bicyclic) bond motifs is 1. The average Bonchev–Trinajstić information content (AvgIpc) is 2.36. The molecule has 96 valence electrons. The Kier molecular flexibility index (Phi) is 3.39. The molecule has 1 aromatic carbocycles. The minimum atomic E-state index is 0.464. The van der Waals surface area contributed by atoms with Crippen LogP contribution < -0.4 is 15.5 Å². The molecule has 2 aromatic rings. The van der Waals surface area contributed by atoms with Crippen LogP contribution in [-0.2, 0) is 6.54 Å². The Bertz CT molecular complexity index is 561. The lowest BCUT2D eigenvalue weighted by atomic mass is 10.1. The zero-order chi connectivity index (χ0) is 13.3. The number of aromatic nitrogens is 1. The Balaban J connectivity index is 2.71. The first-order valence-corrected chi connectivity index (χ1v) is 6.01. The number of nitrogens with zero attached hydrogens (tertiary/aromatic N) is 3. The van der Waals surface area contributed by atoms with E-state index in [9.17, 15) is 0 Å². The molecule has 0 atom stereocenters. The van der Waals surface area contributed by atoms with Gasteiger partial charge in [0.25, 0.3) is 0 Å². The van der Waals surface area contributed by atoms with Crippen molar-refractivity contribution in [3.05, 3.63) is 30.0 Å². The number of benzene rings is 1. The Morgan fingerprint density at radius 3 is 2.33 bits per heavy atom. The minimum absolute atomic E-state index is 0.464. The van der Waals surface area contributed by atoms with E-state index < -0.39 is 0 Å². The number of anilines is 2. The van der Waals surface area contributed by atoms with Crippen molar-refractivity contribution in [1.82, 2.24) is 4.98 Å². The van der Waals surface area contributed by atoms with Gasteiger partial charge in [0.2, 0.25) is 0 Å². The van der Waals surface area contributed by atoms with E-state index in [1.807, 2.05) is 28.2 Å². The molecule has 1 heterocycles. The van der Waals surface area contributed by atoms with E-state index in [1.54, 1.807) is 0 Å². The second-order valence-electron chi connectivity index (χ2n) is 4.83. The van der Waals surface area contributed by atoms with Crippen molar-refractivity contribution in [3.63, 3.8) is 0 Å². The summed E-state index contributed by atoms with van der Waals surface area (Å²) in [5.74, 6) is 0. The zero-order valence-electron chi connectivity index (χ0n) is 11.4. The number of hydrogen-bond donors (Lipinski definition) is 1. The van der Waals surface area contributed by atoms with Crippen molar-refractivity contribution in [2.24, 2.45) is 5.73 Å². The van der Waals surface area contributed by atoms with Crippen molar-refractivity contribution in [2.75, 3.05) is 38.0 Å². The fourth-order valence-electron chi connectivity index (χ4n) is 2.00. The number of pyridine rings is 1. The summed E-state index contributed by atoms with van der Waals surface area (Å²) in [6, 6.07) is 8.35. The van der Waals surface area contributed by atoms with Crippen LogP contribution in [-0.4, -0.2) is 33.2 Å². The van der Waals surface area contributed by atoms with Gasteiger partial charge < -0.3 is 15.5 Å². The Morgan fingerprint density at radius 1 is 1.06 bits per heavy atom. The molecule has 0 aliphatic rings. The molecule has 0 saturated carbocycles. The van der Waals surface area contributed by atoms with E-state index in [2.05, 4.69) is 39.0 Å². The van der Waals surface area contributed by atoms with Crippen molar-refractivity contribution in [1.29, 1.82) is 0 Å². The summed E-state index contributed by atoms with van der Waals surface area (Å²) >= 11 is 0. The lowest BCUT2D eigenvalue weighted by Gasteiger charge is -2.19. The summed E-state index contributed by atoms with van der Waals surface area (Å²) in [5, 5.41) is 1.16. The van der Waals surface area contributed by atoms with E-state index in [4.69, 9.17) is 5.73 Å². The molecule has 4 heteroatoms. The van der Waals surface area contributed by atoms with Crippen LogP contribution in [0.5, 0.6) is 0 Å². The van der Waals surface area contributed by atoms with Crippen LogP contribution in [0.25, 0.3) is 10.9 Å². The molecule has 0 saturated heterocycles. The highest BCUT2D eigenvalue weighted by Crippen LogP contribution is 2.28. The van der Waals surface area contributed by atoms with Gasteiger partial charge in [-0.25, -0.2) is 0 Å². The first-order valence-electron chi connectivity index (χ1n) is 6.01. The third kappa shape index (κ3) is 2.24. The molecule has 0 radical (unpaired) electrons. The Labute approximate surface area is 108 Å². The maximum absolute atomic E-state index is 5.70. The van der Waals surface area contributed by atoms with Crippen LogP contribution in [0.4, 0.5) is 11.4 Å². The van der Waals surface area contributed by atoms with Crippen LogP contribution in [0.3, 0.4) is 0 Å². The first-order chi connectivity index (χ1) is 8.52. The normalized spacial score (nSPS) is 10.7. The average molecular weight is 244 g/mol. The topological polar surface area (TPSA) is 45.4 Å². The molecule has 0 amide bonds. The van der Waals surface area contributed by atoms with E-state index >= 15 is 0 Å². The van der Waals surface area contributed by atoms with Crippen LogP contribution in [0.2, 0.25) is 0 Å². The third-order valence-electron chi connectivity index (χ3n) is 3.03. The lowest BCUT2D eigenvalue weighted by molar-refractivity contribution is 0.998. The number of rotatable bonds is 3. The molecule has 0 aliphatic carbocycles. The van der Waals surface area contributed by atoms with Gasteiger partial charge in [0, 0.05) is 51.5 Å². The highest BCUT2D eigenvalue weighted by atomic mass is 15.1. The van der Waals surface area contributed by atoms with Crippen LogP contribution in [0, 0.1) is 0 Å². The monoisotopic (exact) mass is 244 g/mol. The fraction of sp³-hybridized carbons (Fsp3) is 0.357. The maximum atomic E-state index is 5.70. The van der Waals surface area contributed by atoms with Gasteiger partial charge in [0.1, 0.15) is 0 Å². The van der Waals surface area contributed by atoms with Crippen LogP contribution >= 0.6 is 0 Å². The maximum Gasteiger partial charge on any atom is 0.0728 e. The molecule has 18 heavy (non-hydrogen) atoms. The second-order valence-corrected chi connectivity index (χ2v) is 4.83. The smallest absolute Gasteiger partial charge is 0.0728 e. The van der Waals surface area contributed by atoms with Crippen molar-refractivity contribution in [2.45, 2.75) is 6.54 Å². The molecular formula is C14H20N4. The molecule has 0 unspecified atom stereocenters. The summed E-state index contributed by atoms with van der Waals surface area (Å²) in [4.78, 5) is 8.76. The molecule has 4 nitrogen and oxygen atoms in total. The predicted molar refractivity (Wildman–Crippen MR) is 78.3 cm³/mol. The highest BCUT2D eigenvalue weighted by Gasteiger charge is 2.08. The van der Waals surface area contributed by atoms with Gasteiger partial charge in [0.05, 0.1) is 11.2 Å². The van der Waals surface area contributed by atoms with Gasteiger partial charge in [-0.3, -0.25) is 4.98 Å². The fourth-order valence-corrected chi connectivity index (χ4v) is 2.00. The molecule has 0 fully saturated rings. The highest BCUT2D eigenvalue weighted by molar-refractivity contribution is 5.94. The third-order valence-corrected chi connectivity index (χ3v) is 3.03. The predicted octanol–water partition coefficient (Wildman–Crippen LogP) is 1.83. The molecule has 0 aliphatic heterocycles. The number of nitrogens with two attached hydrogens (primary N) is 1. The lowest BCUT2D eigenvalue weighted by Crippen LogP contribution is -2.12. The van der Waals surface area contributed by atoms with Crippen LogP contribution in [0.1, 0.15) is 5.69 Å². The van der Waals surface area contributed by atoms with Crippen LogP contribution in [0.15, 0.2) is 24.3 Å². The largest absolute Gasteiger partial charge is 0.378 e. The van der Waals surface area contributed by atoms with Gasteiger partial charge in [0.15, 0.2) is 0 Å². The molecule has 2 rings (SSSR count). The standard InChI is InChI=1S/C14H20N4/c1-17(2)11-5-6-13-12(8-11)14(18(3)4)7-10(9-15)16-13/h5-8H,9,15H2,1-4H3. The minimum Gasteiger partial charge on any atom is -0.378 e. The molecule has 2 N–H and O–H groups in total. The van der Waals surface area contributed by atoms with E-state index in [1.165, 1.54) is 5.69 Å². The summed E-state index contributed by atoms with van der Waals surface area (Å²) in [6.45, 7) is 0.464. The zero-order valence-corrected chi connectivity index (χ0v) is 11.4. The Hall–Kier alpha value is -1.81. The summed E-state index contributed by atoms with van der Waals surface area (Å²) in [7, 11) is 8.16. The number of hydrogen-bond acceptors (Lipinski definition) is 4. The summed E-state index contributed by atoms with van der Waals surface area (Å²) in [5.41, 5.74) is 9.94. The molecule has 0 spiro atoms. The van der Waals surface area contributed by atoms with E-state index in [0.717, 1.165) is 22.3 Å². The Morgan fingerprint density at radius 2 is 1.78 bits per heavy atom. The SMILES string of the molecule is CN(C)c1ccc2nc(CN)cc(N(C)C)c2c1. The van der Waals surface area contributed by atoms with Crippen molar-refractivity contribution >= 4 is 22.3 Å².